The Labute approximate surface area is 135 Å². The van der Waals surface area contributed by atoms with Gasteiger partial charge in [0.1, 0.15) is 12.3 Å². The average molecular weight is 327 g/mol. The Balaban J connectivity index is 2.63. The van der Waals surface area contributed by atoms with Crippen LogP contribution in [0.15, 0.2) is 0 Å². The van der Waals surface area contributed by atoms with Crippen LogP contribution in [0.25, 0.3) is 0 Å². The molecule has 3 amide bonds. The summed E-state index contributed by atoms with van der Waals surface area (Å²) in [6.07, 6.45) is 1.23. The highest BCUT2D eigenvalue weighted by Gasteiger charge is 2.29. The number of hydrogen-bond donors (Lipinski definition) is 3. The highest BCUT2D eigenvalue weighted by molar-refractivity contribution is 5.88. The van der Waals surface area contributed by atoms with Crippen molar-refractivity contribution in [1.82, 2.24) is 16.0 Å². The normalized spacial score (nSPS) is 19.7. The number of nitrogens with one attached hydrogen (secondary N) is 3. The van der Waals surface area contributed by atoms with E-state index in [-0.39, 0.29) is 24.2 Å². The number of hydrogen-bond acceptors (Lipinski definition) is 5. The maximum absolute atomic E-state index is 12.3. The molecule has 1 heterocycles. The van der Waals surface area contributed by atoms with E-state index in [1.54, 1.807) is 0 Å². The molecule has 1 rings (SSSR count). The number of aldehydes is 1. The van der Waals surface area contributed by atoms with Crippen LogP contribution < -0.4 is 16.0 Å². The van der Waals surface area contributed by atoms with Gasteiger partial charge in [0.15, 0.2) is 0 Å². The molecule has 0 radical (unpaired) electrons. The van der Waals surface area contributed by atoms with Gasteiger partial charge < -0.3 is 25.5 Å². The van der Waals surface area contributed by atoms with Gasteiger partial charge in [0.25, 0.3) is 0 Å². The van der Waals surface area contributed by atoms with Crippen LogP contribution in [-0.2, 0) is 19.1 Å². The number of rotatable bonds is 8. The Hall–Kier alpha value is -2.12. The van der Waals surface area contributed by atoms with Gasteiger partial charge in [0, 0.05) is 12.5 Å². The minimum atomic E-state index is -0.790. The van der Waals surface area contributed by atoms with Crippen molar-refractivity contribution in [3.8, 4) is 0 Å². The molecule has 0 spiro atoms. The van der Waals surface area contributed by atoms with Crippen molar-refractivity contribution >= 4 is 24.2 Å². The predicted octanol–water partition coefficient (Wildman–Crippen LogP) is -0.0330. The minimum Gasteiger partial charge on any atom is -0.453 e. The van der Waals surface area contributed by atoms with E-state index in [0.717, 1.165) is 0 Å². The molecule has 0 bridgehead atoms. The van der Waals surface area contributed by atoms with Gasteiger partial charge in [0.2, 0.25) is 11.8 Å². The van der Waals surface area contributed by atoms with E-state index in [2.05, 4.69) is 20.7 Å². The molecular weight excluding hydrogens is 302 g/mol. The maximum atomic E-state index is 12.3. The second-order valence-corrected chi connectivity index (χ2v) is 6.08. The fourth-order valence-corrected chi connectivity index (χ4v) is 2.51. The molecule has 0 unspecified atom stereocenters. The predicted molar refractivity (Wildman–Crippen MR) is 82.5 cm³/mol. The van der Waals surface area contributed by atoms with Crippen molar-refractivity contribution in [1.29, 1.82) is 0 Å². The summed E-state index contributed by atoms with van der Waals surface area (Å²) in [5.41, 5.74) is 0. The molecule has 0 aromatic rings. The molecule has 0 aliphatic carbocycles. The number of amides is 3. The molecule has 1 aliphatic rings. The minimum absolute atomic E-state index is 0.0995. The molecule has 1 fully saturated rings. The molecule has 0 aromatic carbocycles. The van der Waals surface area contributed by atoms with Crippen LogP contribution in [0.2, 0.25) is 0 Å². The molecule has 3 N–H and O–H groups in total. The molecule has 8 nitrogen and oxygen atoms in total. The Morgan fingerprint density at radius 1 is 1.39 bits per heavy atom. The summed E-state index contributed by atoms with van der Waals surface area (Å²) in [7, 11) is 1.21. The van der Waals surface area contributed by atoms with Crippen molar-refractivity contribution in [3.05, 3.63) is 0 Å². The monoisotopic (exact) mass is 327 g/mol. The van der Waals surface area contributed by atoms with Gasteiger partial charge in [-0.1, -0.05) is 13.8 Å². The van der Waals surface area contributed by atoms with E-state index in [4.69, 9.17) is 0 Å². The first kappa shape index (κ1) is 18.9. The summed E-state index contributed by atoms with van der Waals surface area (Å²) < 4.78 is 4.51. The first-order chi connectivity index (χ1) is 10.9. The lowest BCUT2D eigenvalue weighted by Gasteiger charge is -2.22. The topological polar surface area (TPSA) is 114 Å². The van der Waals surface area contributed by atoms with Crippen LogP contribution >= 0.6 is 0 Å². The largest absolute Gasteiger partial charge is 0.453 e. The first-order valence-electron chi connectivity index (χ1n) is 7.75. The Kier molecular flexibility index (Phi) is 7.50. The molecule has 1 aliphatic heterocycles. The van der Waals surface area contributed by atoms with Crippen LogP contribution in [-0.4, -0.2) is 49.9 Å². The zero-order valence-corrected chi connectivity index (χ0v) is 13.8. The number of alkyl carbamates (subject to hydrolysis) is 1. The lowest BCUT2D eigenvalue weighted by Crippen LogP contribution is -2.51. The third-order valence-corrected chi connectivity index (χ3v) is 3.69. The van der Waals surface area contributed by atoms with Crippen LogP contribution in [0.1, 0.15) is 33.1 Å². The Morgan fingerprint density at radius 3 is 2.57 bits per heavy atom. The van der Waals surface area contributed by atoms with Crippen molar-refractivity contribution in [2.45, 2.75) is 45.2 Å². The van der Waals surface area contributed by atoms with Crippen LogP contribution in [0, 0.1) is 11.8 Å². The zero-order chi connectivity index (χ0) is 17.4. The van der Waals surface area contributed by atoms with E-state index in [1.165, 1.54) is 7.11 Å². The first-order valence-corrected chi connectivity index (χ1v) is 7.75. The van der Waals surface area contributed by atoms with E-state index < -0.39 is 24.1 Å². The molecule has 3 atom stereocenters. The quantitative estimate of drug-likeness (QED) is 0.542. The second kappa shape index (κ2) is 9.12. The lowest BCUT2D eigenvalue weighted by atomic mass is 9.98. The highest BCUT2D eigenvalue weighted by Crippen LogP contribution is 2.15. The van der Waals surface area contributed by atoms with E-state index >= 15 is 0 Å². The number of carbonyl (C=O) groups is 4. The van der Waals surface area contributed by atoms with Crippen molar-refractivity contribution in [2.75, 3.05) is 13.7 Å². The van der Waals surface area contributed by atoms with Gasteiger partial charge in [-0.2, -0.15) is 0 Å². The van der Waals surface area contributed by atoms with Crippen LogP contribution in [0.3, 0.4) is 0 Å². The molecule has 23 heavy (non-hydrogen) atoms. The van der Waals surface area contributed by atoms with Gasteiger partial charge in [-0.05, 0) is 25.2 Å². The number of methoxy groups -OCH3 is 1. The molecule has 130 valence electrons. The SMILES string of the molecule is COC(=O)N[C@@H](CC(C)C)C(=O)N[C@H](C=O)C[C@@H]1CCNC1=O. The molecule has 0 aromatic heterocycles. The van der Waals surface area contributed by atoms with Crippen LogP contribution in [0.4, 0.5) is 4.79 Å². The summed E-state index contributed by atoms with van der Waals surface area (Å²) in [6.45, 7) is 4.42. The average Bonchev–Trinajstić information content (AvgIpc) is 2.90. The Bertz CT molecular complexity index is 452. The number of ether oxygens (including phenoxy) is 1. The summed E-state index contributed by atoms with van der Waals surface area (Å²) in [4.78, 5) is 46.4. The Morgan fingerprint density at radius 2 is 2.09 bits per heavy atom. The molecule has 8 heteroatoms. The van der Waals surface area contributed by atoms with Crippen molar-refractivity contribution in [2.24, 2.45) is 11.8 Å². The summed E-state index contributed by atoms with van der Waals surface area (Å²) in [6, 6.07) is -1.55. The van der Waals surface area contributed by atoms with Crippen LogP contribution in [0.5, 0.6) is 0 Å². The smallest absolute Gasteiger partial charge is 0.407 e. The zero-order valence-electron chi connectivity index (χ0n) is 13.8. The van der Waals surface area contributed by atoms with Gasteiger partial charge in [-0.15, -0.1) is 0 Å². The van der Waals surface area contributed by atoms with Crippen molar-refractivity contribution < 1.29 is 23.9 Å². The van der Waals surface area contributed by atoms with Gasteiger partial charge in [-0.25, -0.2) is 4.79 Å². The number of carbonyl (C=O) groups excluding carboxylic acids is 4. The van der Waals surface area contributed by atoms with Gasteiger partial charge >= 0.3 is 6.09 Å². The van der Waals surface area contributed by atoms with Gasteiger partial charge in [-0.3, -0.25) is 9.59 Å². The summed E-state index contributed by atoms with van der Waals surface area (Å²) in [5, 5.41) is 7.75. The summed E-state index contributed by atoms with van der Waals surface area (Å²) in [5.74, 6) is -0.669. The lowest BCUT2D eigenvalue weighted by molar-refractivity contribution is -0.127. The summed E-state index contributed by atoms with van der Waals surface area (Å²) >= 11 is 0. The maximum Gasteiger partial charge on any atom is 0.407 e. The van der Waals surface area contributed by atoms with E-state index in [9.17, 15) is 19.2 Å². The fourth-order valence-electron chi connectivity index (χ4n) is 2.51. The van der Waals surface area contributed by atoms with E-state index in [0.29, 0.717) is 25.7 Å². The van der Waals surface area contributed by atoms with Crippen molar-refractivity contribution in [3.63, 3.8) is 0 Å². The molecule has 1 saturated heterocycles. The van der Waals surface area contributed by atoms with Gasteiger partial charge in [0.05, 0.1) is 13.2 Å². The fraction of sp³-hybridized carbons (Fsp3) is 0.733. The highest BCUT2D eigenvalue weighted by atomic mass is 16.5. The van der Waals surface area contributed by atoms with E-state index in [1.807, 2.05) is 13.8 Å². The third kappa shape index (κ3) is 6.25. The second-order valence-electron chi connectivity index (χ2n) is 6.08. The standard InChI is InChI=1S/C15H25N3O5/c1-9(2)6-12(18-15(22)23-3)14(21)17-11(8-19)7-10-4-5-16-13(10)20/h8-12H,4-7H2,1-3H3,(H,16,20)(H,17,21)(H,18,22)/t10-,11-,12-/m0/s1. The molecular formula is C15H25N3O5. The third-order valence-electron chi connectivity index (χ3n) is 3.69. The molecule has 0 saturated carbocycles.